The van der Waals surface area contributed by atoms with E-state index in [1.165, 1.54) is 5.56 Å². The molecule has 3 aromatic rings. The summed E-state index contributed by atoms with van der Waals surface area (Å²) in [5, 5.41) is 0. The van der Waals surface area contributed by atoms with Crippen LogP contribution in [0.15, 0.2) is 22.6 Å². The monoisotopic (exact) mass is 240 g/mol. The first-order valence-electron chi connectivity index (χ1n) is 6.09. The number of nitrogens with zero attached hydrogens (tertiary/aromatic N) is 1. The van der Waals surface area contributed by atoms with Gasteiger partial charge in [-0.1, -0.05) is 6.07 Å². The standard InChI is InChI=1S/C15H16N2O/c1-8-5-6-12-13(7-8)17-15(16-12)14-9(2)10(3)18-11(14)4/h5-7H,1-4H3,(H,16,17). The highest BCUT2D eigenvalue weighted by molar-refractivity contribution is 5.81. The van der Waals surface area contributed by atoms with Gasteiger partial charge in [0, 0.05) is 5.56 Å². The number of hydrogen-bond acceptors (Lipinski definition) is 2. The van der Waals surface area contributed by atoms with Gasteiger partial charge in [0.15, 0.2) is 0 Å². The molecule has 0 spiro atoms. The van der Waals surface area contributed by atoms with Crippen LogP contribution >= 0.6 is 0 Å². The van der Waals surface area contributed by atoms with Gasteiger partial charge < -0.3 is 9.40 Å². The number of imidazole rings is 1. The summed E-state index contributed by atoms with van der Waals surface area (Å²) in [7, 11) is 0. The third-order valence-corrected chi connectivity index (χ3v) is 3.44. The normalized spacial score (nSPS) is 11.3. The molecule has 1 aromatic carbocycles. The fourth-order valence-electron chi connectivity index (χ4n) is 2.38. The Morgan fingerprint density at radius 1 is 1.06 bits per heavy atom. The molecular weight excluding hydrogens is 224 g/mol. The first-order chi connectivity index (χ1) is 8.56. The molecule has 0 amide bonds. The highest BCUT2D eigenvalue weighted by Crippen LogP contribution is 2.30. The first-order valence-corrected chi connectivity index (χ1v) is 6.09. The number of aromatic amines is 1. The van der Waals surface area contributed by atoms with Crippen molar-refractivity contribution in [2.75, 3.05) is 0 Å². The summed E-state index contributed by atoms with van der Waals surface area (Å²) in [6.45, 7) is 8.12. The van der Waals surface area contributed by atoms with Gasteiger partial charge in [0.05, 0.1) is 16.6 Å². The zero-order chi connectivity index (χ0) is 12.9. The van der Waals surface area contributed by atoms with Gasteiger partial charge in [0.2, 0.25) is 0 Å². The fraction of sp³-hybridized carbons (Fsp3) is 0.267. The van der Waals surface area contributed by atoms with Gasteiger partial charge in [-0.25, -0.2) is 4.98 Å². The Hall–Kier alpha value is -2.03. The van der Waals surface area contributed by atoms with Gasteiger partial charge in [-0.15, -0.1) is 0 Å². The maximum atomic E-state index is 5.66. The molecule has 2 aromatic heterocycles. The lowest BCUT2D eigenvalue weighted by Gasteiger charge is -1.95. The van der Waals surface area contributed by atoms with Gasteiger partial charge in [0.1, 0.15) is 17.3 Å². The number of nitrogens with one attached hydrogen (secondary N) is 1. The topological polar surface area (TPSA) is 41.8 Å². The maximum Gasteiger partial charge on any atom is 0.142 e. The van der Waals surface area contributed by atoms with E-state index >= 15 is 0 Å². The Morgan fingerprint density at radius 3 is 2.50 bits per heavy atom. The summed E-state index contributed by atoms with van der Waals surface area (Å²) in [5.74, 6) is 2.77. The minimum Gasteiger partial charge on any atom is -0.466 e. The van der Waals surface area contributed by atoms with Crippen LogP contribution in [0.2, 0.25) is 0 Å². The predicted molar refractivity (Wildman–Crippen MR) is 72.7 cm³/mol. The number of furan rings is 1. The van der Waals surface area contributed by atoms with Gasteiger partial charge in [-0.3, -0.25) is 0 Å². The molecule has 18 heavy (non-hydrogen) atoms. The van der Waals surface area contributed by atoms with Crippen molar-refractivity contribution >= 4 is 11.0 Å². The summed E-state index contributed by atoms with van der Waals surface area (Å²) in [4.78, 5) is 8.02. The Morgan fingerprint density at radius 2 is 1.83 bits per heavy atom. The highest BCUT2D eigenvalue weighted by Gasteiger charge is 2.16. The summed E-state index contributed by atoms with van der Waals surface area (Å²) in [6.07, 6.45) is 0. The molecule has 0 aliphatic rings. The van der Waals surface area contributed by atoms with Crippen molar-refractivity contribution in [3.8, 4) is 11.4 Å². The molecular formula is C15H16N2O. The SMILES string of the molecule is Cc1ccc2nc(-c3c(C)oc(C)c3C)[nH]c2c1. The second kappa shape index (κ2) is 3.73. The van der Waals surface area contributed by atoms with Crippen molar-refractivity contribution in [2.45, 2.75) is 27.7 Å². The van der Waals surface area contributed by atoms with E-state index in [-0.39, 0.29) is 0 Å². The van der Waals surface area contributed by atoms with Crippen LogP contribution in [0.4, 0.5) is 0 Å². The van der Waals surface area contributed by atoms with E-state index in [2.05, 4.69) is 35.9 Å². The number of H-pyrrole nitrogens is 1. The Labute approximate surface area is 106 Å². The van der Waals surface area contributed by atoms with Gasteiger partial charge in [-0.05, 0) is 45.4 Å². The minimum absolute atomic E-state index is 0.891. The molecule has 0 aliphatic heterocycles. The van der Waals surface area contributed by atoms with E-state index < -0.39 is 0 Å². The van der Waals surface area contributed by atoms with E-state index in [1.807, 2.05) is 19.9 Å². The minimum atomic E-state index is 0.891. The molecule has 0 bridgehead atoms. The van der Waals surface area contributed by atoms with Crippen LogP contribution in [-0.4, -0.2) is 9.97 Å². The number of rotatable bonds is 1. The van der Waals surface area contributed by atoms with Crippen LogP contribution in [0.3, 0.4) is 0 Å². The number of hydrogen-bond donors (Lipinski definition) is 1. The highest BCUT2D eigenvalue weighted by atomic mass is 16.3. The lowest BCUT2D eigenvalue weighted by molar-refractivity contribution is 0.503. The molecule has 3 rings (SSSR count). The molecule has 2 heterocycles. The lowest BCUT2D eigenvalue weighted by atomic mass is 10.1. The smallest absolute Gasteiger partial charge is 0.142 e. The van der Waals surface area contributed by atoms with Crippen molar-refractivity contribution in [1.82, 2.24) is 9.97 Å². The van der Waals surface area contributed by atoms with Gasteiger partial charge in [0.25, 0.3) is 0 Å². The van der Waals surface area contributed by atoms with Gasteiger partial charge >= 0.3 is 0 Å². The number of fused-ring (bicyclic) bond motifs is 1. The Balaban J connectivity index is 2.25. The lowest BCUT2D eigenvalue weighted by Crippen LogP contribution is -1.83. The van der Waals surface area contributed by atoms with Crippen LogP contribution < -0.4 is 0 Å². The average molecular weight is 240 g/mol. The van der Waals surface area contributed by atoms with E-state index in [0.29, 0.717) is 0 Å². The maximum absolute atomic E-state index is 5.66. The van der Waals surface area contributed by atoms with Crippen LogP contribution in [0.5, 0.6) is 0 Å². The Bertz CT molecular complexity index is 734. The molecule has 1 N–H and O–H groups in total. The predicted octanol–water partition coefficient (Wildman–Crippen LogP) is 4.06. The van der Waals surface area contributed by atoms with Gasteiger partial charge in [-0.2, -0.15) is 0 Å². The first kappa shape index (κ1) is 11.1. The van der Waals surface area contributed by atoms with E-state index in [4.69, 9.17) is 4.42 Å². The number of benzene rings is 1. The van der Waals surface area contributed by atoms with Crippen molar-refractivity contribution in [3.05, 3.63) is 40.8 Å². The van der Waals surface area contributed by atoms with E-state index in [1.54, 1.807) is 0 Å². The van der Waals surface area contributed by atoms with Crippen molar-refractivity contribution in [1.29, 1.82) is 0 Å². The quantitative estimate of drug-likeness (QED) is 0.697. The van der Waals surface area contributed by atoms with Crippen LogP contribution in [-0.2, 0) is 0 Å². The molecule has 0 atom stereocenters. The zero-order valence-corrected chi connectivity index (χ0v) is 11.1. The molecule has 0 fully saturated rings. The molecule has 0 saturated heterocycles. The molecule has 0 unspecified atom stereocenters. The molecule has 0 saturated carbocycles. The second-order valence-corrected chi connectivity index (χ2v) is 4.82. The second-order valence-electron chi connectivity index (χ2n) is 4.82. The van der Waals surface area contributed by atoms with E-state index in [9.17, 15) is 0 Å². The van der Waals surface area contributed by atoms with Crippen molar-refractivity contribution < 1.29 is 4.42 Å². The third kappa shape index (κ3) is 1.55. The molecule has 3 nitrogen and oxygen atoms in total. The summed E-state index contributed by atoms with van der Waals surface area (Å²) >= 11 is 0. The number of aryl methyl sites for hydroxylation is 3. The third-order valence-electron chi connectivity index (χ3n) is 3.44. The van der Waals surface area contributed by atoms with Crippen molar-refractivity contribution in [2.24, 2.45) is 0 Å². The zero-order valence-electron chi connectivity index (χ0n) is 11.1. The molecule has 3 heteroatoms. The molecule has 92 valence electrons. The summed E-state index contributed by atoms with van der Waals surface area (Å²) in [6, 6.07) is 6.24. The Kier molecular flexibility index (Phi) is 2.30. The van der Waals surface area contributed by atoms with Crippen LogP contribution in [0, 0.1) is 27.7 Å². The average Bonchev–Trinajstić information content (AvgIpc) is 2.80. The fourth-order valence-corrected chi connectivity index (χ4v) is 2.38. The summed E-state index contributed by atoms with van der Waals surface area (Å²) < 4.78 is 5.66. The molecule has 0 aliphatic carbocycles. The van der Waals surface area contributed by atoms with Crippen molar-refractivity contribution in [3.63, 3.8) is 0 Å². The van der Waals surface area contributed by atoms with Crippen LogP contribution in [0.1, 0.15) is 22.6 Å². The van der Waals surface area contributed by atoms with E-state index in [0.717, 1.165) is 39.5 Å². The summed E-state index contributed by atoms with van der Waals surface area (Å²) in [5.41, 5.74) is 5.54. The number of aromatic nitrogens is 2. The largest absolute Gasteiger partial charge is 0.466 e. The van der Waals surface area contributed by atoms with Crippen LogP contribution in [0.25, 0.3) is 22.4 Å². The molecule has 0 radical (unpaired) electrons.